The third-order valence-electron chi connectivity index (χ3n) is 1.77. The number of fused-ring (bicyclic) bond motifs is 1. The van der Waals surface area contributed by atoms with Crippen molar-refractivity contribution in [1.29, 1.82) is 0 Å². The molecule has 1 heterocycles. The van der Waals surface area contributed by atoms with E-state index in [4.69, 9.17) is 0 Å². The van der Waals surface area contributed by atoms with Gasteiger partial charge in [0.05, 0.1) is 5.52 Å². The predicted octanol–water partition coefficient (Wildman–Crippen LogP) is 2.93. The van der Waals surface area contributed by atoms with Crippen molar-refractivity contribution in [1.82, 2.24) is 4.98 Å². The van der Waals surface area contributed by atoms with Crippen LogP contribution in [0, 0.1) is 6.07 Å². The molecule has 0 atom stereocenters. The third-order valence-corrected chi connectivity index (χ3v) is 1.77. The predicted molar refractivity (Wildman–Crippen MR) is 47.3 cm³/mol. The fraction of sp³-hybridized carbons (Fsp3) is 0.100. The Balaban J connectivity index is 2.52. The van der Waals surface area contributed by atoms with E-state index in [-0.39, 0.29) is 11.1 Å². The first kappa shape index (κ1) is 9.76. The highest BCUT2D eigenvalue weighted by Gasteiger charge is 2.31. The summed E-state index contributed by atoms with van der Waals surface area (Å²) >= 11 is 0. The Bertz CT molecular complexity index is 476. The molecule has 1 radical (unpaired) electrons. The van der Waals surface area contributed by atoms with Crippen molar-refractivity contribution in [3.63, 3.8) is 0 Å². The fourth-order valence-corrected chi connectivity index (χ4v) is 1.23. The lowest BCUT2D eigenvalue weighted by atomic mass is 10.2. The van der Waals surface area contributed by atoms with Crippen LogP contribution in [-0.4, -0.2) is 11.3 Å². The number of nitrogens with zero attached hydrogens (tertiary/aromatic N) is 1. The van der Waals surface area contributed by atoms with Crippen molar-refractivity contribution >= 4 is 10.9 Å². The summed E-state index contributed by atoms with van der Waals surface area (Å²) in [6, 6.07) is 8.31. The van der Waals surface area contributed by atoms with E-state index in [2.05, 4.69) is 15.8 Å². The lowest BCUT2D eigenvalue weighted by Crippen LogP contribution is -2.17. The molecule has 0 N–H and O–H groups in total. The van der Waals surface area contributed by atoms with Crippen molar-refractivity contribution in [3.05, 3.63) is 36.5 Å². The highest BCUT2D eigenvalue weighted by atomic mass is 19.4. The van der Waals surface area contributed by atoms with Crippen LogP contribution in [0.15, 0.2) is 30.5 Å². The molecule has 0 saturated heterocycles. The van der Waals surface area contributed by atoms with Gasteiger partial charge in [0.25, 0.3) is 0 Å². The lowest BCUT2D eigenvalue weighted by molar-refractivity contribution is -0.274. The van der Waals surface area contributed by atoms with Crippen molar-refractivity contribution in [2.45, 2.75) is 6.36 Å². The Morgan fingerprint density at radius 2 is 2.07 bits per heavy atom. The molecule has 0 saturated carbocycles. The van der Waals surface area contributed by atoms with Crippen molar-refractivity contribution in [2.24, 2.45) is 0 Å². The van der Waals surface area contributed by atoms with Gasteiger partial charge in [0.15, 0.2) is 0 Å². The Morgan fingerprint density at radius 3 is 2.80 bits per heavy atom. The maximum atomic E-state index is 12.0. The highest BCUT2D eigenvalue weighted by Crippen LogP contribution is 2.29. The van der Waals surface area contributed by atoms with E-state index in [1.807, 2.05) is 0 Å². The quantitative estimate of drug-likeness (QED) is 0.725. The second-order valence-electron chi connectivity index (χ2n) is 2.81. The monoisotopic (exact) mass is 212 g/mol. The molecule has 2 rings (SSSR count). The minimum absolute atomic E-state index is 0.260. The van der Waals surface area contributed by atoms with Gasteiger partial charge >= 0.3 is 6.36 Å². The maximum Gasteiger partial charge on any atom is 0.573 e. The van der Waals surface area contributed by atoms with Gasteiger partial charge in [0, 0.05) is 17.6 Å². The number of hydrogen-bond donors (Lipinski definition) is 0. The van der Waals surface area contributed by atoms with Crippen LogP contribution >= 0.6 is 0 Å². The van der Waals surface area contributed by atoms with Crippen LogP contribution in [0.2, 0.25) is 0 Å². The summed E-state index contributed by atoms with van der Waals surface area (Å²) in [5.41, 5.74) is 0.440. The Kier molecular flexibility index (Phi) is 2.22. The Morgan fingerprint density at radius 1 is 1.27 bits per heavy atom. The van der Waals surface area contributed by atoms with E-state index in [1.54, 1.807) is 6.07 Å². The highest BCUT2D eigenvalue weighted by molar-refractivity contribution is 5.84. The topological polar surface area (TPSA) is 22.1 Å². The zero-order valence-corrected chi connectivity index (χ0v) is 7.38. The van der Waals surface area contributed by atoms with E-state index in [1.165, 1.54) is 24.4 Å². The summed E-state index contributed by atoms with van der Waals surface area (Å²) in [6.07, 6.45) is -3.30. The van der Waals surface area contributed by atoms with Gasteiger partial charge in [-0.25, -0.2) is 0 Å². The van der Waals surface area contributed by atoms with E-state index in [0.29, 0.717) is 5.52 Å². The molecule has 15 heavy (non-hydrogen) atoms. The van der Waals surface area contributed by atoms with E-state index in [9.17, 15) is 13.2 Å². The zero-order valence-electron chi connectivity index (χ0n) is 7.38. The number of hydrogen-bond acceptors (Lipinski definition) is 2. The van der Waals surface area contributed by atoms with E-state index >= 15 is 0 Å². The van der Waals surface area contributed by atoms with Crippen LogP contribution in [-0.2, 0) is 0 Å². The summed E-state index contributed by atoms with van der Waals surface area (Å²) in [6.45, 7) is 0. The summed E-state index contributed by atoms with van der Waals surface area (Å²) < 4.78 is 39.9. The maximum absolute atomic E-state index is 12.0. The van der Waals surface area contributed by atoms with Crippen LogP contribution in [0.5, 0.6) is 5.75 Å². The molecule has 0 spiro atoms. The number of pyridine rings is 1. The molecule has 77 valence electrons. The van der Waals surface area contributed by atoms with Crippen LogP contribution in [0.3, 0.4) is 0 Å². The van der Waals surface area contributed by atoms with Crippen molar-refractivity contribution in [2.75, 3.05) is 0 Å². The van der Waals surface area contributed by atoms with Gasteiger partial charge in [-0.1, -0.05) is 6.07 Å². The first-order valence-corrected chi connectivity index (χ1v) is 4.07. The molecule has 5 heteroatoms. The summed E-state index contributed by atoms with van der Waals surface area (Å²) in [5, 5.41) is 0.289. The second kappa shape index (κ2) is 3.42. The van der Waals surface area contributed by atoms with E-state index in [0.717, 1.165) is 0 Å². The normalized spacial score (nSPS) is 11.7. The Labute approximate surface area is 83.3 Å². The summed E-state index contributed by atoms with van der Waals surface area (Å²) in [4.78, 5) is 3.87. The molecule has 1 aromatic heterocycles. The summed E-state index contributed by atoms with van der Waals surface area (Å²) in [5.74, 6) is -0.260. The second-order valence-corrected chi connectivity index (χ2v) is 2.81. The molecule has 0 aliphatic carbocycles. The van der Waals surface area contributed by atoms with Crippen molar-refractivity contribution in [3.8, 4) is 5.75 Å². The van der Waals surface area contributed by atoms with Gasteiger partial charge in [0.1, 0.15) is 5.75 Å². The van der Waals surface area contributed by atoms with Gasteiger partial charge in [-0.2, -0.15) is 0 Å². The molecule has 0 unspecified atom stereocenters. The third kappa shape index (κ3) is 2.18. The average molecular weight is 212 g/mol. The average Bonchev–Trinajstić information content (AvgIpc) is 2.16. The molecule has 0 aliphatic rings. The van der Waals surface area contributed by atoms with Crippen LogP contribution in [0.25, 0.3) is 10.9 Å². The smallest absolute Gasteiger partial charge is 0.405 e. The largest absolute Gasteiger partial charge is 0.573 e. The van der Waals surface area contributed by atoms with Gasteiger partial charge in [-0.05, 0) is 18.2 Å². The molecule has 0 aliphatic heterocycles. The molecule has 2 nitrogen and oxygen atoms in total. The molecular weight excluding hydrogens is 207 g/mol. The standard InChI is InChI=1S/C10H5F3NO/c11-10(12,13)15-9-5-1-4-8-7(9)3-2-6-14-8/h1,3-6H. The van der Waals surface area contributed by atoms with Gasteiger partial charge in [-0.3, -0.25) is 4.98 Å². The molecule has 2 aromatic rings. The minimum Gasteiger partial charge on any atom is -0.405 e. The molecule has 0 bridgehead atoms. The van der Waals surface area contributed by atoms with Gasteiger partial charge in [0.2, 0.25) is 0 Å². The van der Waals surface area contributed by atoms with E-state index < -0.39 is 6.36 Å². The van der Waals surface area contributed by atoms with Crippen LogP contribution < -0.4 is 4.74 Å². The zero-order chi connectivity index (χ0) is 10.9. The number of ether oxygens (including phenoxy) is 1. The lowest BCUT2D eigenvalue weighted by Gasteiger charge is -2.10. The van der Waals surface area contributed by atoms with Crippen molar-refractivity contribution < 1.29 is 17.9 Å². The minimum atomic E-state index is -4.69. The SMILES string of the molecule is FC(F)(F)Oc1cccc2nc[c]cc12. The van der Waals surface area contributed by atoms with Crippen LogP contribution in [0.1, 0.15) is 0 Å². The van der Waals surface area contributed by atoms with Gasteiger partial charge in [-0.15, -0.1) is 13.2 Å². The Hall–Kier alpha value is -1.78. The number of rotatable bonds is 1. The molecular formula is C10H5F3NO. The number of alkyl halides is 3. The fourth-order valence-electron chi connectivity index (χ4n) is 1.23. The molecule has 0 amide bonds. The first-order valence-electron chi connectivity index (χ1n) is 4.07. The molecule has 1 aromatic carbocycles. The molecule has 0 fully saturated rings. The number of halogens is 3. The first-order chi connectivity index (χ1) is 7.06. The van der Waals surface area contributed by atoms with Crippen LogP contribution in [0.4, 0.5) is 13.2 Å². The van der Waals surface area contributed by atoms with Gasteiger partial charge < -0.3 is 4.74 Å². The number of aromatic nitrogens is 1. The summed E-state index contributed by atoms with van der Waals surface area (Å²) in [7, 11) is 0. The number of benzene rings is 1.